The molecule has 1 saturated carbocycles. The van der Waals surface area contributed by atoms with Crippen molar-refractivity contribution in [2.75, 3.05) is 0 Å². The Morgan fingerprint density at radius 3 is 3.00 bits per heavy atom. The first-order chi connectivity index (χ1) is 7.27. The number of aromatic nitrogens is 1. The summed E-state index contributed by atoms with van der Waals surface area (Å²) in [5, 5.41) is 13.3. The van der Waals surface area contributed by atoms with Gasteiger partial charge in [0.15, 0.2) is 0 Å². The van der Waals surface area contributed by atoms with E-state index in [1.165, 1.54) is 11.3 Å². The molecule has 0 aromatic carbocycles. The van der Waals surface area contributed by atoms with Crippen LogP contribution in [-0.4, -0.2) is 22.2 Å². The van der Waals surface area contributed by atoms with Crippen LogP contribution in [0.1, 0.15) is 43.5 Å². The van der Waals surface area contributed by atoms with Gasteiger partial charge in [-0.3, -0.25) is 4.98 Å². The maximum absolute atomic E-state index is 9.84. The minimum absolute atomic E-state index is 0.172. The van der Waals surface area contributed by atoms with Crippen LogP contribution < -0.4 is 5.32 Å². The highest BCUT2D eigenvalue weighted by molar-refractivity contribution is 7.09. The summed E-state index contributed by atoms with van der Waals surface area (Å²) in [6.45, 7) is 2.13. The molecule has 1 aliphatic rings. The van der Waals surface area contributed by atoms with Crippen LogP contribution in [0.2, 0.25) is 0 Å². The Bertz CT molecular complexity index is 289. The van der Waals surface area contributed by atoms with Crippen molar-refractivity contribution in [1.29, 1.82) is 0 Å². The number of hydrogen-bond donors (Lipinski definition) is 2. The fraction of sp³-hybridized carbons (Fsp3) is 0.727. The van der Waals surface area contributed by atoms with E-state index in [1.54, 1.807) is 11.3 Å². The van der Waals surface area contributed by atoms with Gasteiger partial charge in [-0.05, 0) is 19.8 Å². The molecular weight excluding hydrogens is 208 g/mol. The summed E-state index contributed by atoms with van der Waals surface area (Å²) in [4.78, 5) is 5.31. The van der Waals surface area contributed by atoms with E-state index in [1.807, 2.05) is 11.7 Å². The molecule has 1 aromatic heterocycles. The van der Waals surface area contributed by atoms with Gasteiger partial charge in [0.2, 0.25) is 0 Å². The molecule has 1 aliphatic carbocycles. The smallest absolute Gasteiger partial charge is 0.0794 e. The zero-order valence-corrected chi connectivity index (χ0v) is 9.83. The molecule has 0 spiro atoms. The third kappa shape index (κ3) is 2.77. The van der Waals surface area contributed by atoms with E-state index in [2.05, 4.69) is 17.2 Å². The molecule has 3 atom stereocenters. The number of rotatable bonds is 3. The average molecular weight is 226 g/mol. The zero-order chi connectivity index (χ0) is 10.7. The second-order valence-electron chi connectivity index (χ2n) is 4.25. The van der Waals surface area contributed by atoms with Crippen molar-refractivity contribution in [3.8, 4) is 0 Å². The van der Waals surface area contributed by atoms with Gasteiger partial charge in [-0.1, -0.05) is 12.8 Å². The Morgan fingerprint density at radius 2 is 2.33 bits per heavy atom. The zero-order valence-electron chi connectivity index (χ0n) is 9.02. The summed E-state index contributed by atoms with van der Waals surface area (Å²) in [5.41, 5.74) is 1.85. The van der Waals surface area contributed by atoms with E-state index in [-0.39, 0.29) is 12.1 Å². The number of aliphatic hydroxyl groups excluding tert-OH is 1. The Kier molecular flexibility index (Phi) is 3.72. The summed E-state index contributed by atoms with van der Waals surface area (Å²) < 4.78 is 0. The fourth-order valence-corrected chi connectivity index (χ4v) is 2.79. The van der Waals surface area contributed by atoms with Crippen LogP contribution in [0.4, 0.5) is 0 Å². The van der Waals surface area contributed by atoms with Crippen molar-refractivity contribution in [3.63, 3.8) is 0 Å². The molecule has 15 heavy (non-hydrogen) atoms. The summed E-state index contributed by atoms with van der Waals surface area (Å²) in [6, 6.07) is 0.561. The summed E-state index contributed by atoms with van der Waals surface area (Å²) in [7, 11) is 0. The van der Waals surface area contributed by atoms with E-state index < -0.39 is 0 Å². The van der Waals surface area contributed by atoms with Gasteiger partial charge in [0.05, 0.1) is 11.6 Å². The standard InChI is InChI=1S/C11H18N2OS/c1-8(11-6-12-7-15-11)13-9-4-2-3-5-10(9)14/h6-10,13-14H,2-5H2,1H3. The number of aliphatic hydroxyl groups is 1. The first-order valence-corrected chi connectivity index (χ1v) is 6.48. The molecule has 0 bridgehead atoms. The van der Waals surface area contributed by atoms with Crippen molar-refractivity contribution in [3.05, 3.63) is 16.6 Å². The monoisotopic (exact) mass is 226 g/mol. The molecule has 1 heterocycles. The van der Waals surface area contributed by atoms with Gasteiger partial charge in [0.1, 0.15) is 0 Å². The Labute approximate surface area is 94.5 Å². The van der Waals surface area contributed by atoms with Crippen molar-refractivity contribution < 1.29 is 5.11 Å². The highest BCUT2D eigenvalue weighted by atomic mass is 32.1. The van der Waals surface area contributed by atoms with Crippen molar-refractivity contribution >= 4 is 11.3 Å². The maximum Gasteiger partial charge on any atom is 0.0794 e. The topological polar surface area (TPSA) is 45.1 Å². The number of nitrogens with one attached hydrogen (secondary N) is 1. The van der Waals surface area contributed by atoms with Crippen LogP contribution >= 0.6 is 11.3 Å². The van der Waals surface area contributed by atoms with Crippen molar-refractivity contribution in [2.24, 2.45) is 0 Å². The van der Waals surface area contributed by atoms with E-state index in [0.29, 0.717) is 6.04 Å². The quantitative estimate of drug-likeness (QED) is 0.829. The van der Waals surface area contributed by atoms with Crippen molar-refractivity contribution in [1.82, 2.24) is 10.3 Å². The molecule has 3 nitrogen and oxygen atoms in total. The van der Waals surface area contributed by atoms with E-state index in [0.717, 1.165) is 19.3 Å². The van der Waals surface area contributed by atoms with E-state index >= 15 is 0 Å². The average Bonchev–Trinajstić information content (AvgIpc) is 2.74. The van der Waals surface area contributed by atoms with Crippen LogP contribution in [0.3, 0.4) is 0 Å². The highest BCUT2D eigenvalue weighted by Crippen LogP contribution is 2.23. The lowest BCUT2D eigenvalue weighted by Crippen LogP contribution is -2.42. The Morgan fingerprint density at radius 1 is 1.53 bits per heavy atom. The molecule has 0 radical (unpaired) electrons. The molecule has 0 aliphatic heterocycles. The molecule has 1 aromatic rings. The van der Waals surface area contributed by atoms with E-state index in [9.17, 15) is 5.11 Å². The molecule has 4 heteroatoms. The summed E-state index contributed by atoms with van der Waals surface area (Å²) >= 11 is 1.67. The lowest BCUT2D eigenvalue weighted by molar-refractivity contribution is 0.0862. The molecule has 2 N–H and O–H groups in total. The van der Waals surface area contributed by atoms with Gasteiger partial charge in [0, 0.05) is 23.2 Å². The molecule has 0 saturated heterocycles. The second-order valence-corrected chi connectivity index (χ2v) is 5.17. The first-order valence-electron chi connectivity index (χ1n) is 5.60. The summed E-state index contributed by atoms with van der Waals surface area (Å²) in [6.07, 6.45) is 6.14. The molecule has 2 rings (SSSR count). The van der Waals surface area contributed by atoms with Crippen LogP contribution in [0.25, 0.3) is 0 Å². The number of hydrogen-bond acceptors (Lipinski definition) is 4. The van der Waals surface area contributed by atoms with Crippen LogP contribution in [0.5, 0.6) is 0 Å². The van der Waals surface area contributed by atoms with Gasteiger partial charge >= 0.3 is 0 Å². The molecule has 1 fully saturated rings. The van der Waals surface area contributed by atoms with Crippen LogP contribution in [0, 0.1) is 0 Å². The largest absolute Gasteiger partial charge is 0.392 e. The highest BCUT2D eigenvalue weighted by Gasteiger charge is 2.24. The van der Waals surface area contributed by atoms with E-state index in [4.69, 9.17) is 0 Å². The number of nitrogens with zero attached hydrogens (tertiary/aromatic N) is 1. The predicted octanol–water partition coefficient (Wildman–Crippen LogP) is 2.10. The van der Waals surface area contributed by atoms with Crippen LogP contribution in [0.15, 0.2) is 11.7 Å². The van der Waals surface area contributed by atoms with Gasteiger partial charge in [-0.25, -0.2) is 0 Å². The SMILES string of the molecule is CC(NC1CCCCC1O)c1cncs1. The normalized spacial score (nSPS) is 28.9. The Balaban J connectivity index is 1.90. The molecule has 3 unspecified atom stereocenters. The van der Waals surface area contributed by atoms with Crippen molar-refractivity contribution in [2.45, 2.75) is 50.8 Å². The minimum Gasteiger partial charge on any atom is -0.392 e. The third-order valence-corrected chi connectivity index (χ3v) is 4.03. The number of thiazole rings is 1. The van der Waals surface area contributed by atoms with Gasteiger partial charge in [-0.2, -0.15) is 0 Å². The second kappa shape index (κ2) is 5.05. The molecular formula is C11H18N2OS. The lowest BCUT2D eigenvalue weighted by Gasteiger charge is -2.30. The minimum atomic E-state index is -0.172. The summed E-state index contributed by atoms with van der Waals surface area (Å²) in [5.74, 6) is 0. The van der Waals surface area contributed by atoms with Crippen LogP contribution in [-0.2, 0) is 0 Å². The fourth-order valence-electron chi connectivity index (χ4n) is 2.15. The molecule has 84 valence electrons. The van der Waals surface area contributed by atoms with Gasteiger partial charge in [-0.15, -0.1) is 11.3 Å². The maximum atomic E-state index is 9.84. The van der Waals surface area contributed by atoms with Gasteiger partial charge in [0.25, 0.3) is 0 Å². The third-order valence-electron chi connectivity index (χ3n) is 3.07. The molecule has 0 amide bonds. The lowest BCUT2D eigenvalue weighted by atomic mass is 9.92. The predicted molar refractivity (Wildman–Crippen MR) is 61.9 cm³/mol. The van der Waals surface area contributed by atoms with Gasteiger partial charge < -0.3 is 10.4 Å². The first kappa shape index (κ1) is 11.0. The Hall–Kier alpha value is -0.450.